The Morgan fingerprint density at radius 3 is 2.65 bits per heavy atom. The molecule has 0 saturated carbocycles. The van der Waals surface area contributed by atoms with Crippen molar-refractivity contribution in [2.75, 3.05) is 25.0 Å². The van der Waals surface area contributed by atoms with Crippen molar-refractivity contribution in [3.05, 3.63) is 29.8 Å². The number of rotatable bonds is 2. The van der Waals surface area contributed by atoms with Crippen molar-refractivity contribution in [1.29, 1.82) is 0 Å². The SMILES string of the molecule is O=C1Nc2ccccc2C1C1CCN(C(=O)C2CCCN2)CC1. The van der Waals surface area contributed by atoms with Gasteiger partial charge >= 0.3 is 0 Å². The van der Waals surface area contributed by atoms with Crippen LogP contribution >= 0.6 is 0 Å². The molecule has 5 heteroatoms. The zero-order chi connectivity index (χ0) is 15.8. The number of benzene rings is 1. The molecular formula is C18H23N3O2. The van der Waals surface area contributed by atoms with Crippen molar-refractivity contribution in [1.82, 2.24) is 10.2 Å². The number of hydrogen-bond acceptors (Lipinski definition) is 3. The summed E-state index contributed by atoms with van der Waals surface area (Å²) in [4.78, 5) is 26.8. The van der Waals surface area contributed by atoms with Crippen LogP contribution in [0.25, 0.3) is 0 Å². The van der Waals surface area contributed by atoms with Gasteiger partial charge in [0.2, 0.25) is 11.8 Å². The molecule has 0 bridgehead atoms. The molecule has 0 radical (unpaired) electrons. The van der Waals surface area contributed by atoms with Gasteiger partial charge in [-0.15, -0.1) is 0 Å². The quantitative estimate of drug-likeness (QED) is 0.874. The van der Waals surface area contributed by atoms with Gasteiger partial charge in [-0.05, 0) is 49.8 Å². The van der Waals surface area contributed by atoms with Crippen LogP contribution in [0.2, 0.25) is 0 Å². The van der Waals surface area contributed by atoms with Gasteiger partial charge < -0.3 is 15.5 Å². The number of likely N-dealkylation sites (tertiary alicyclic amines) is 1. The first-order valence-electron chi connectivity index (χ1n) is 8.66. The molecule has 5 nitrogen and oxygen atoms in total. The van der Waals surface area contributed by atoms with Crippen LogP contribution in [0, 0.1) is 5.92 Å². The second kappa shape index (κ2) is 5.96. The molecule has 0 spiro atoms. The monoisotopic (exact) mass is 313 g/mol. The summed E-state index contributed by atoms with van der Waals surface area (Å²) < 4.78 is 0. The number of carbonyl (C=O) groups is 2. The normalized spacial score (nSPS) is 27.8. The number of amides is 2. The third kappa shape index (κ3) is 2.63. The summed E-state index contributed by atoms with van der Waals surface area (Å²) in [7, 11) is 0. The zero-order valence-electron chi connectivity index (χ0n) is 13.3. The second-order valence-electron chi connectivity index (χ2n) is 6.87. The molecule has 1 aromatic rings. The Hall–Kier alpha value is -1.88. The maximum atomic E-state index is 12.5. The summed E-state index contributed by atoms with van der Waals surface area (Å²) in [6.45, 7) is 2.49. The predicted octanol–water partition coefficient (Wildman–Crippen LogP) is 1.71. The standard InChI is InChI=1S/C18H23N3O2/c22-17-16(13-4-1-2-5-14(13)20-17)12-7-10-21(11-8-12)18(23)15-6-3-9-19-15/h1-2,4-5,12,15-16,19H,3,6-11H2,(H,20,22). The molecule has 3 heterocycles. The first-order chi connectivity index (χ1) is 11.2. The third-order valence-corrected chi connectivity index (χ3v) is 5.52. The van der Waals surface area contributed by atoms with Crippen LogP contribution in [0.15, 0.2) is 24.3 Å². The van der Waals surface area contributed by atoms with E-state index in [2.05, 4.69) is 16.7 Å². The third-order valence-electron chi connectivity index (χ3n) is 5.52. The van der Waals surface area contributed by atoms with E-state index < -0.39 is 0 Å². The summed E-state index contributed by atoms with van der Waals surface area (Å²) in [5.74, 6) is 0.651. The number of piperidine rings is 1. The van der Waals surface area contributed by atoms with Gasteiger partial charge in [0.05, 0.1) is 12.0 Å². The molecule has 0 aliphatic carbocycles. The lowest BCUT2D eigenvalue weighted by Gasteiger charge is -2.35. The largest absolute Gasteiger partial charge is 0.341 e. The van der Waals surface area contributed by atoms with Gasteiger partial charge in [-0.1, -0.05) is 18.2 Å². The molecule has 1 aromatic carbocycles. The maximum Gasteiger partial charge on any atom is 0.239 e. The first kappa shape index (κ1) is 14.7. The molecule has 0 aromatic heterocycles. The molecule has 3 aliphatic rings. The van der Waals surface area contributed by atoms with Crippen LogP contribution in [-0.2, 0) is 9.59 Å². The van der Waals surface area contributed by atoms with E-state index >= 15 is 0 Å². The summed E-state index contributed by atoms with van der Waals surface area (Å²) >= 11 is 0. The summed E-state index contributed by atoms with van der Waals surface area (Å²) in [5, 5.41) is 6.28. The summed E-state index contributed by atoms with van der Waals surface area (Å²) in [6, 6.07) is 7.99. The van der Waals surface area contributed by atoms with Crippen molar-refractivity contribution in [2.24, 2.45) is 5.92 Å². The zero-order valence-corrected chi connectivity index (χ0v) is 13.3. The Morgan fingerprint density at radius 2 is 1.91 bits per heavy atom. The Labute approximate surface area is 136 Å². The highest BCUT2D eigenvalue weighted by Crippen LogP contribution is 2.41. The minimum Gasteiger partial charge on any atom is -0.341 e. The second-order valence-corrected chi connectivity index (χ2v) is 6.87. The number of fused-ring (bicyclic) bond motifs is 1. The lowest BCUT2D eigenvalue weighted by molar-refractivity contribution is -0.134. The molecule has 2 N–H and O–H groups in total. The Kier molecular flexibility index (Phi) is 3.81. The number of nitrogens with zero attached hydrogens (tertiary/aromatic N) is 1. The van der Waals surface area contributed by atoms with E-state index in [1.54, 1.807) is 0 Å². The van der Waals surface area contributed by atoms with Crippen LogP contribution in [0.5, 0.6) is 0 Å². The van der Waals surface area contributed by atoms with Gasteiger partial charge in [0.1, 0.15) is 0 Å². The molecule has 2 saturated heterocycles. The Morgan fingerprint density at radius 1 is 1.13 bits per heavy atom. The number of nitrogens with one attached hydrogen (secondary N) is 2. The van der Waals surface area contributed by atoms with E-state index in [1.165, 1.54) is 0 Å². The molecule has 2 fully saturated rings. The topological polar surface area (TPSA) is 61.4 Å². The highest BCUT2D eigenvalue weighted by molar-refractivity contribution is 6.03. The van der Waals surface area contributed by atoms with Gasteiger partial charge in [-0.25, -0.2) is 0 Å². The van der Waals surface area contributed by atoms with Crippen molar-refractivity contribution in [3.63, 3.8) is 0 Å². The summed E-state index contributed by atoms with van der Waals surface area (Å²) in [5.41, 5.74) is 2.08. The van der Waals surface area contributed by atoms with E-state index in [0.29, 0.717) is 5.92 Å². The van der Waals surface area contributed by atoms with Gasteiger partial charge in [0.25, 0.3) is 0 Å². The molecule has 3 aliphatic heterocycles. The predicted molar refractivity (Wildman–Crippen MR) is 88.1 cm³/mol. The minimum absolute atomic E-state index is 0.0158. The van der Waals surface area contributed by atoms with E-state index in [-0.39, 0.29) is 23.8 Å². The van der Waals surface area contributed by atoms with Gasteiger partial charge in [0.15, 0.2) is 0 Å². The molecule has 2 unspecified atom stereocenters. The van der Waals surface area contributed by atoms with Crippen LogP contribution in [0.3, 0.4) is 0 Å². The van der Waals surface area contributed by atoms with Gasteiger partial charge in [-0.3, -0.25) is 9.59 Å². The number of para-hydroxylation sites is 1. The summed E-state index contributed by atoms with van der Waals surface area (Å²) in [6.07, 6.45) is 3.86. The van der Waals surface area contributed by atoms with Crippen LogP contribution < -0.4 is 10.6 Å². The fourth-order valence-electron chi connectivity index (χ4n) is 4.27. The van der Waals surface area contributed by atoms with Crippen LogP contribution in [0.4, 0.5) is 5.69 Å². The highest BCUT2D eigenvalue weighted by atomic mass is 16.2. The van der Waals surface area contributed by atoms with Crippen molar-refractivity contribution in [2.45, 2.75) is 37.6 Å². The molecule has 4 rings (SSSR count). The number of carbonyl (C=O) groups excluding carboxylic acids is 2. The lowest BCUT2D eigenvalue weighted by Crippen LogP contribution is -2.47. The average molecular weight is 313 g/mol. The first-order valence-corrected chi connectivity index (χ1v) is 8.66. The van der Waals surface area contributed by atoms with Crippen LogP contribution in [-0.4, -0.2) is 42.4 Å². The highest BCUT2D eigenvalue weighted by Gasteiger charge is 2.39. The Balaban J connectivity index is 1.42. The van der Waals surface area contributed by atoms with E-state index in [9.17, 15) is 9.59 Å². The van der Waals surface area contributed by atoms with Gasteiger partial charge in [-0.2, -0.15) is 0 Å². The average Bonchev–Trinajstić information content (AvgIpc) is 3.21. The lowest BCUT2D eigenvalue weighted by atomic mass is 9.80. The minimum atomic E-state index is -0.0481. The van der Waals surface area contributed by atoms with Crippen LogP contribution in [0.1, 0.15) is 37.2 Å². The molecule has 2 amide bonds. The molecule has 2 atom stereocenters. The molecule has 23 heavy (non-hydrogen) atoms. The van der Waals surface area contributed by atoms with Crippen molar-refractivity contribution >= 4 is 17.5 Å². The van der Waals surface area contributed by atoms with Crippen molar-refractivity contribution < 1.29 is 9.59 Å². The number of anilines is 1. The molecule has 122 valence electrons. The van der Waals surface area contributed by atoms with E-state index in [4.69, 9.17) is 0 Å². The fraction of sp³-hybridized carbons (Fsp3) is 0.556. The fourth-order valence-corrected chi connectivity index (χ4v) is 4.27. The van der Waals surface area contributed by atoms with E-state index in [0.717, 1.165) is 56.6 Å². The van der Waals surface area contributed by atoms with E-state index in [1.807, 2.05) is 23.1 Å². The molecular weight excluding hydrogens is 290 g/mol. The Bertz CT molecular complexity index is 616. The van der Waals surface area contributed by atoms with Gasteiger partial charge in [0, 0.05) is 18.8 Å². The smallest absolute Gasteiger partial charge is 0.239 e. The maximum absolute atomic E-state index is 12.5. The number of hydrogen-bond donors (Lipinski definition) is 2. The van der Waals surface area contributed by atoms with Crippen molar-refractivity contribution in [3.8, 4) is 0 Å².